The smallest absolute Gasteiger partial charge is 0.256 e. The molecule has 0 bridgehead atoms. The lowest BCUT2D eigenvalue weighted by Gasteiger charge is -2.20. The number of nitrogens with zero attached hydrogens (tertiary/aromatic N) is 1. The van der Waals surface area contributed by atoms with Crippen LogP contribution in [0.1, 0.15) is 21.5 Å². The molecule has 0 aliphatic heterocycles. The number of thiocarbonyl (C=S) groups is 1. The number of hydrogen-bond donors (Lipinski definition) is 2. The molecule has 3 aromatic carbocycles. The van der Waals surface area contributed by atoms with E-state index in [4.69, 9.17) is 23.8 Å². The molecule has 0 radical (unpaired) electrons. The molecule has 0 aliphatic rings. The third-order valence-corrected chi connectivity index (χ3v) is 5.12. The molecule has 0 fully saturated rings. The molecule has 3 rings (SSSR count). The number of anilines is 1. The lowest BCUT2D eigenvalue weighted by Crippen LogP contribution is -2.34. The normalized spacial score (nSPS) is 10.6. The van der Waals surface area contributed by atoms with Gasteiger partial charge in [0.15, 0.2) is 5.11 Å². The fourth-order valence-electron chi connectivity index (χ4n) is 3.00. The van der Waals surface area contributed by atoms with Crippen molar-refractivity contribution in [3.63, 3.8) is 0 Å². The molecule has 0 aromatic heterocycles. The maximum absolute atomic E-state index is 13.0. The summed E-state index contributed by atoms with van der Waals surface area (Å²) < 4.78 is 0. The zero-order chi connectivity index (χ0) is 22.9. The van der Waals surface area contributed by atoms with Gasteiger partial charge in [-0.05, 0) is 47.6 Å². The highest BCUT2D eigenvalue weighted by atomic mass is 35.5. The van der Waals surface area contributed by atoms with Gasteiger partial charge in [-0.1, -0.05) is 72.3 Å². The van der Waals surface area contributed by atoms with Crippen LogP contribution in [0.3, 0.4) is 0 Å². The summed E-state index contributed by atoms with van der Waals surface area (Å²) in [5, 5.41) is 6.16. The number of rotatable bonds is 6. The van der Waals surface area contributed by atoms with Crippen molar-refractivity contribution in [3.05, 3.63) is 107 Å². The first kappa shape index (κ1) is 23.2. The van der Waals surface area contributed by atoms with E-state index in [0.717, 1.165) is 11.1 Å². The standard InChI is InChI=1S/C25H22ClN3O2S/c1-29(17-18-9-3-2-4-10-18)24(31)20-12-6-8-14-22(20)27-25(32)28-23(30)16-15-19-11-5-7-13-21(19)26/h2-16H,17H2,1H3,(H2,27,28,30,32)/b16-15+. The van der Waals surface area contributed by atoms with Gasteiger partial charge in [0, 0.05) is 24.7 Å². The fraction of sp³-hybridized carbons (Fsp3) is 0.0800. The molecule has 32 heavy (non-hydrogen) atoms. The van der Waals surface area contributed by atoms with Crippen molar-refractivity contribution >= 4 is 52.5 Å². The Balaban J connectivity index is 1.63. The van der Waals surface area contributed by atoms with Gasteiger partial charge in [-0.3, -0.25) is 14.9 Å². The number of amides is 2. The number of hydrogen-bond acceptors (Lipinski definition) is 3. The van der Waals surface area contributed by atoms with E-state index in [1.807, 2.05) is 42.5 Å². The Labute approximate surface area is 197 Å². The molecule has 7 heteroatoms. The van der Waals surface area contributed by atoms with Crippen LogP contribution in [0.25, 0.3) is 6.08 Å². The van der Waals surface area contributed by atoms with Crippen molar-refractivity contribution in [3.8, 4) is 0 Å². The SMILES string of the molecule is CN(Cc1ccccc1)C(=O)c1ccccc1NC(=S)NC(=O)/C=C/c1ccccc1Cl. The molecule has 0 saturated carbocycles. The predicted octanol–water partition coefficient (Wildman–Crippen LogP) is 5.14. The fourth-order valence-corrected chi connectivity index (χ4v) is 3.41. The molecule has 0 saturated heterocycles. The molecular weight excluding hydrogens is 442 g/mol. The van der Waals surface area contributed by atoms with E-state index in [-0.39, 0.29) is 11.0 Å². The van der Waals surface area contributed by atoms with Crippen LogP contribution >= 0.6 is 23.8 Å². The molecule has 0 atom stereocenters. The van der Waals surface area contributed by atoms with Crippen LogP contribution in [-0.4, -0.2) is 28.9 Å². The molecule has 0 unspecified atom stereocenters. The zero-order valence-corrected chi connectivity index (χ0v) is 19.0. The highest BCUT2D eigenvalue weighted by molar-refractivity contribution is 7.80. The van der Waals surface area contributed by atoms with Gasteiger partial charge >= 0.3 is 0 Å². The van der Waals surface area contributed by atoms with Crippen LogP contribution in [-0.2, 0) is 11.3 Å². The molecule has 0 spiro atoms. The minimum Gasteiger partial charge on any atom is -0.337 e. The summed E-state index contributed by atoms with van der Waals surface area (Å²) >= 11 is 11.3. The van der Waals surface area contributed by atoms with Crippen molar-refractivity contribution in [2.24, 2.45) is 0 Å². The summed E-state index contributed by atoms with van der Waals surface area (Å²) in [5.74, 6) is -0.572. The second-order valence-corrected chi connectivity index (χ2v) is 7.81. The number of carbonyl (C=O) groups is 2. The quantitative estimate of drug-likeness (QED) is 0.392. The van der Waals surface area contributed by atoms with Crippen molar-refractivity contribution in [1.29, 1.82) is 0 Å². The van der Waals surface area contributed by atoms with Gasteiger partial charge in [0.2, 0.25) is 5.91 Å². The molecular formula is C25H22ClN3O2S. The average Bonchev–Trinajstić information content (AvgIpc) is 2.79. The van der Waals surface area contributed by atoms with Crippen LogP contribution in [0.15, 0.2) is 84.9 Å². The van der Waals surface area contributed by atoms with E-state index in [1.54, 1.807) is 54.4 Å². The third kappa shape index (κ3) is 6.51. The lowest BCUT2D eigenvalue weighted by atomic mass is 10.1. The molecule has 0 heterocycles. The van der Waals surface area contributed by atoms with Gasteiger partial charge < -0.3 is 10.2 Å². The highest BCUT2D eigenvalue weighted by Gasteiger charge is 2.16. The summed E-state index contributed by atoms with van der Waals surface area (Å²) in [5.41, 5.74) is 2.72. The Morgan fingerprint density at radius 1 is 0.969 bits per heavy atom. The van der Waals surface area contributed by atoms with Crippen LogP contribution in [0.2, 0.25) is 5.02 Å². The summed E-state index contributed by atoms with van der Waals surface area (Å²) in [4.78, 5) is 26.8. The summed E-state index contributed by atoms with van der Waals surface area (Å²) in [6.45, 7) is 0.474. The minimum atomic E-state index is -0.410. The van der Waals surface area contributed by atoms with Gasteiger partial charge in [-0.2, -0.15) is 0 Å². The summed E-state index contributed by atoms with van der Waals surface area (Å²) in [7, 11) is 1.74. The topological polar surface area (TPSA) is 61.4 Å². The second-order valence-electron chi connectivity index (χ2n) is 6.99. The maximum Gasteiger partial charge on any atom is 0.256 e. The van der Waals surface area contributed by atoms with E-state index in [9.17, 15) is 9.59 Å². The molecule has 2 amide bonds. The average molecular weight is 464 g/mol. The van der Waals surface area contributed by atoms with Crippen molar-refractivity contribution in [2.75, 3.05) is 12.4 Å². The molecule has 162 valence electrons. The van der Waals surface area contributed by atoms with Gasteiger partial charge in [0.25, 0.3) is 5.91 Å². The zero-order valence-electron chi connectivity index (χ0n) is 17.4. The summed E-state index contributed by atoms with van der Waals surface area (Å²) in [6, 6.07) is 24.0. The summed E-state index contributed by atoms with van der Waals surface area (Å²) in [6.07, 6.45) is 2.95. The highest BCUT2D eigenvalue weighted by Crippen LogP contribution is 2.18. The monoisotopic (exact) mass is 463 g/mol. The molecule has 0 aliphatic carbocycles. The second kappa shape index (κ2) is 11.2. The predicted molar refractivity (Wildman–Crippen MR) is 134 cm³/mol. The first-order chi connectivity index (χ1) is 15.4. The first-order valence-corrected chi connectivity index (χ1v) is 10.7. The Morgan fingerprint density at radius 2 is 1.62 bits per heavy atom. The van der Waals surface area contributed by atoms with E-state index < -0.39 is 5.91 Å². The Kier molecular flexibility index (Phi) is 8.14. The van der Waals surface area contributed by atoms with Gasteiger partial charge in [0.05, 0.1) is 11.3 Å². The lowest BCUT2D eigenvalue weighted by molar-refractivity contribution is -0.115. The Hall–Kier alpha value is -3.48. The van der Waals surface area contributed by atoms with Crippen LogP contribution in [0, 0.1) is 0 Å². The first-order valence-electron chi connectivity index (χ1n) is 9.87. The largest absolute Gasteiger partial charge is 0.337 e. The Morgan fingerprint density at radius 3 is 2.38 bits per heavy atom. The molecule has 2 N–H and O–H groups in total. The van der Waals surface area contributed by atoms with E-state index in [1.165, 1.54) is 6.08 Å². The maximum atomic E-state index is 13.0. The van der Waals surface area contributed by atoms with E-state index >= 15 is 0 Å². The number of carbonyl (C=O) groups excluding carboxylic acids is 2. The number of para-hydroxylation sites is 1. The van der Waals surface area contributed by atoms with Gasteiger partial charge in [-0.15, -0.1) is 0 Å². The molecule has 5 nitrogen and oxygen atoms in total. The van der Waals surface area contributed by atoms with E-state index in [2.05, 4.69) is 10.6 Å². The number of halogens is 1. The number of nitrogens with one attached hydrogen (secondary N) is 2. The van der Waals surface area contributed by atoms with Crippen molar-refractivity contribution < 1.29 is 9.59 Å². The number of benzene rings is 3. The third-order valence-electron chi connectivity index (χ3n) is 4.57. The minimum absolute atomic E-state index is 0.0878. The van der Waals surface area contributed by atoms with Crippen LogP contribution in [0.4, 0.5) is 5.69 Å². The molecule has 3 aromatic rings. The van der Waals surface area contributed by atoms with Crippen LogP contribution < -0.4 is 10.6 Å². The van der Waals surface area contributed by atoms with Crippen molar-refractivity contribution in [1.82, 2.24) is 10.2 Å². The van der Waals surface area contributed by atoms with Crippen molar-refractivity contribution in [2.45, 2.75) is 6.54 Å². The van der Waals surface area contributed by atoms with E-state index in [0.29, 0.717) is 22.8 Å². The van der Waals surface area contributed by atoms with Crippen LogP contribution in [0.5, 0.6) is 0 Å². The van der Waals surface area contributed by atoms with Gasteiger partial charge in [-0.25, -0.2) is 0 Å². The Bertz CT molecular complexity index is 1150. The van der Waals surface area contributed by atoms with Gasteiger partial charge in [0.1, 0.15) is 0 Å².